The van der Waals surface area contributed by atoms with Crippen LogP contribution in [0.1, 0.15) is 29.5 Å². The number of anilines is 1. The number of urea groups is 1. The minimum atomic E-state index is -0.274. The van der Waals surface area contributed by atoms with Gasteiger partial charge < -0.3 is 20.5 Å². The van der Waals surface area contributed by atoms with E-state index in [9.17, 15) is 9.90 Å². The lowest BCUT2D eigenvalue weighted by molar-refractivity contribution is 0.111. The number of aliphatic hydroxyl groups is 1. The van der Waals surface area contributed by atoms with Gasteiger partial charge in [0.2, 0.25) is 0 Å². The molecule has 3 rings (SSSR count). The number of rotatable bonds is 8. The molecule has 5 heteroatoms. The largest absolute Gasteiger partial charge is 0.392 e. The van der Waals surface area contributed by atoms with Crippen molar-refractivity contribution in [3.8, 4) is 0 Å². The second kappa shape index (κ2) is 8.65. The van der Waals surface area contributed by atoms with E-state index in [0.717, 1.165) is 34.9 Å². The van der Waals surface area contributed by atoms with Crippen molar-refractivity contribution in [1.82, 2.24) is 5.32 Å². The molecule has 25 heavy (non-hydrogen) atoms. The molecule has 5 nitrogen and oxygen atoms in total. The Balaban J connectivity index is 1.48. The lowest BCUT2D eigenvalue weighted by atomic mass is 10.1. The molecule has 0 spiro atoms. The summed E-state index contributed by atoms with van der Waals surface area (Å²) in [4.78, 5) is 12.1. The molecule has 2 amide bonds. The molecule has 0 bridgehead atoms. The highest BCUT2D eigenvalue weighted by molar-refractivity contribution is 5.89. The Morgan fingerprint density at radius 2 is 1.92 bits per heavy atom. The second-order valence-electron chi connectivity index (χ2n) is 6.39. The van der Waals surface area contributed by atoms with Gasteiger partial charge in [0.05, 0.1) is 13.2 Å². The van der Waals surface area contributed by atoms with Crippen molar-refractivity contribution in [3.63, 3.8) is 0 Å². The van der Waals surface area contributed by atoms with Gasteiger partial charge >= 0.3 is 6.03 Å². The van der Waals surface area contributed by atoms with Gasteiger partial charge in [0.15, 0.2) is 0 Å². The van der Waals surface area contributed by atoms with E-state index in [0.29, 0.717) is 13.2 Å². The summed E-state index contributed by atoms with van der Waals surface area (Å²) in [6.07, 6.45) is 2.56. The van der Waals surface area contributed by atoms with E-state index < -0.39 is 0 Å². The number of amides is 2. The quantitative estimate of drug-likeness (QED) is 0.689. The number of carbonyl (C=O) groups excluding carboxylic acids is 1. The predicted octanol–water partition coefficient (Wildman–Crippen LogP) is 3.43. The van der Waals surface area contributed by atoms with E-state index in [-0.39, 0.29) is 12.6 Å². The number of hydrogen-bond acceptors (Lipinski definition) is 3. The maximum Gasteiger partial charge on any atom is 0.319 e. The number of benzene rings is 2. The first-order chi connectivity index (χ1) is 12.2. The van der Waals surface area contributed by atoms with Crippen molar-refractivity contribution in [2.24, 2.45) is 5.92 Å². The van der Waals surface area contributed by atoms with Gasteiger partial charge in [-0.15, -0.1) is 0 Å². The Hall–Kier alpha value is -2.37. The molecule has 132 valence electrons. The normalized spacial score (nSPS) is 13.5. The summed E-state index contributed by atoms with van der Waals surface area (Å²) in [5, 5.41) is 15.0. The Morgan fingerprint density at radius 1 is 1.12 bits per heavy atom. The first-order valence-electron chi connectivity index (χ1n) is 8.64. The van der Waals surface area contributed by atoms with Crippen LogP contribution in [0.4, 0.5) is 10.5 Å². The molecule has 0 saturated heterocycles. The average molecular weight is 340 g/mol. The van der Waals surface area contributed by atoms with Gasteiger partial charge in [-0.1, -0.05) is 36.4 Å². The lowest BCUT2D eigenvalue weighted by Crippen LogP contribution is -2.28. The van der Waals surface area contributed by atoms with Gasteiger partial charge in [0, 0.05) is 18.8 Å². The van der Waals surface area contributed by atoms with Gasteiger partial charge in [0.1, 0.15) is 0 Å². The van der Waals surface area contributed by atoms with E-state index in [1.54, 1.807) is 0 Å². The molecule has 1 aliphatic rings. The molecule has 2 aromatic rings. The molecule has 0 unspecified atom stereocenters. The van der Waals surface area contributed by atoms with Crippen LogP contribution >= 0.6 is 0 Å². The molecular weight excluding hydrogens is 316 g/mol. The fraction of sp³-hybridized carbons (Fsp3) is 0.350. The second-order valence-corrected chi connectivity index (χ2v) is 6.39. The molecule has 2 aromatic carbocycles. The van der Waals surface area contributed by atoms with Crippen molar-refractivity contribution in [2.45, 2.75) is 32.6 Å². The van der Waals surface area contributed by atoms with E-state index in [2.05, 4.69) is 10.6 Å². The van der Waals surface area contributed by atoms with Crippen LogP contribution in [0.5, 0.6) is 0 Å². The zero-order valence-corrected chi connectivity index (χ0v) is 14.2. The van der Waals surface area contributed by atoms with E-state index >= 15 is 0 Å². The van der Waals surface area contributed by atoms with Crippen LogP contribution in [0, 0.1) is 5.92 Å². The molecule has 0 radical (unpaired) electrons. The standard InChI is InChI=1S/C20H24N2O3/c23-12-18-6-2-1-5-17(18)11-21-20(24)22-19-7-3-4-16(10-19)14-25-13-15-8-9-15/h1-7,10,15,23H,8-9,11-14H2,(H2,21,22,24). The highest BCUT2D eigenvalue weighted by Crippen LogP contribution is 2.29. The summed E-state index contributed by atoms with van der Waals surface area (Å²) < 4.78 is 5.68. The fourth-order valence-electron chi connectivity index (χ4n) is 2.60. The van der Waals surface area contributed by atoms with Gasteiger partial charge in [-0.05, 0) is 47.6 Å². The summed E-state index contributed by atoms with van der Waals surface area (Å²) in [6.45, 7) is 1.72. The maximum absolute atomic E-state index is 12.1. The van der Waals surface area contributed by atoms with Gasteiger partial charge in [-0.2, -0.15) is 0 Å². The molecule has 3 N–H and O–H groups in total. The molecule has 0 aromatic heterocycles. The van der Waals surface area contributed by atoms with Gasteiger partial charge in [-0.25, -0.2) is 4.79 Å². The first-order valence-corrected chi connectivity index (χ1v) is 8.64. The smallest absolute Gasteiger partial charge is 0.319 e. The van der Waals surface area contributed by atoms with Crippen molar-refractivity contribution < 1.29 is 14.6 Å². The van der Waals surface area contributed by atoms with Crippen LogP contribution in [0.15, 0.2) is 48.5 Å². The van der Waals surface area contributed by atoms with Crippen molar-refractivity contribution in [1.29, 1.82) is 0 Å². The summed E-state index contributed by atoms with van der Waals surface area (Å²) in [5.41, 5.74) is 3.50. The third kappa shape index (κ3) is 5.59. The maximum atomic E-state index is 12.1. The zero-order valence-electron chi connectivity index (χ0n) is 14.2. The van der Waals surface area contributed by atoms with E-state index in [4.69, 9.17) is 4.74 Å². The highest BCUT2D eigenvalue weighted by Gasteiger charge is 2.21. The van der Waals surface area contributed by atoms with Crippen molar-refractivity contribution in [3.05, 3.63) is 65.2 Å². The fourth-order valence-corrected chi connectivity index (χ4v) is 2.60. The Bertz CT molecular complexity index is 714. The Morgan fingerprint density at radius 3 is 2.68 bits per heavy atom. The number of ether oxygens (including phenoxy) is 1. The van der Waals surface area contributed by atoms with Gasteiger partial charge in [-0.3, -0.25) is 0 Å². The summed E-state index contributed by atoms with van der Waals surface area (Å²) in [5.74, 6) is 0.744. The molecule has 0 atom stereocenters. The molecule has 0 aliphatic heterocycles. The molecule has 1 saturated carbocycles. The number of hydrogen-bond donors (Lipinski definition) is 3. The monoisotopic (exact) mass is 340 g/mol. The minimum absolute atomic E-state index is 0.0393. The minimum Gasteiger partial charge on any atom is -0.392 e. The number of nitrogens with one attached hydrogen (secondary N) is 2. The van der Waals surface area contributed by atoms with Crippen LogP contribution in [0.2, 0.25) is 0 Å². The average Bonchev–Trinajstić information content (AvgIpc) is 3.45. The van der Waals surface area contributed by atoms with Crippen molar-refractivity contribution in [2.75, 3.05) is 11.9 Å². The Labute approximate surface area is 148 Å². The summed E-state index contributed by atoms with van der Waals surface area (Å²) in [6, 6.07) is 14.9. The van der Waals surface area contributed by atoms with Crippen LogP contribution in [0.25, 0.3) is 0 Å². The Kier molecular flexibility index (Phi) is 6.04. The molecule has 1 fully saturated rings. The molecule has 0 heterocycles. The SMILES string of the molecule is O=C(NCc1ccccc1CO)Nc1cccc(COCC2CC2)c1. The number of carbonyl (C=O) groups is 1. The van der Waals surface area contributed by atoms with E-state index in [1.807, 2.05) is 48.5 Å². The number of aliphatic hydroxyl groups excluding tert-OH is 1. The predicted molar refractivity (Wildman–Crippen MR) is 97.0 cm³/mol. The first kappa shape index (κ1) is 17.5. The van der Waals surface area contributed by atoms with Crippen molar-refractivity contribution >= 4 is 11.7 Å². The lowest BCUT2D eigenvalue weighted by Gasteiger charge is -2.11. The van der Waals surface area contributed by atoms with E-state index in [1.165, 1.54) is 12.8 Å². The molecule has 1 aliphatic carbocycles. The van der Waals surface area contributed by atoms with Crippen LogP contribution in [-0.4, -0.2) is 17.7 Å². The van der Waals surface area contributed by atoms with Crippen LogP contribution in [0.3, 0.4) is 0 Å². The summed E-state index contributed by atoms with van der Waals surface area (Å²) in [7, 11) is 0. The van der Waals surface area contributed by atoms with Crippen LogP contribution in [-0.2, 0) is 24.5 Å². The third-order valence-electron chi connectivity index (χ3n) is 4.23. The zero-order chi connectivity index (χ0) is 17.5. The summed E-state index contributed by atoms with van der Waals surface area (Å²) >= 11 is 0. The van der Waals surface area contributed by atoms with Gasteiger partial charge in [0.25, 0.3) is 0 Å². The highest BCUT2D eigenvalue weighted by atomic mass is 16.5. The molecular formula is C20H24N2O3. The third-order valence-corrected chi connectivity index (χ3v) is 4.23. The topological polar surface area (TPSA) is 70.6 Å². The van der Waals surface area contributed by atoms with Crippen LogP contribution < -0.4 is 10.6 Å².